The van der Waals surface area contributed by atoms with Crippen LogP contribution in [0.15, 0.2) is 24.3 Å². The summed E-state index contributed by atoms with van der Waals surface area (Å²) in [6, 6.07) is 6.10. The highest BCUT2D eigenvalue weighted by molar-refractivity contribution is 5.95. The van der Waals surface area contributed by atoms with Crippen LogP contribution in [0.5, 0.6) is 11.5 Å². The number of benzene rings is 2. The second-order valence-corrected chi connectivity index (χ2v) is 8.00. The molecule has 0 aliphatic carbocycles. The minimum absolute atomic E-state index is 0.124. The SMILES string of the molecule is COCCOc1c2c(c(C(C)C)c(C=O)c1-c1ccc(F)cc1)CC(C)(C)O2. The highest BCUT2D eigenvalue weighted by Crippen LogP contribution is 2.52. The van der Waals surface area contributed by atoms with Gasteiger partial charge in [0.05, 0.1) is 6.61 Å². The van der Waals surface area contributed by atoms with E-state index in [1.54, 1.807) is 19.2 Å². The number of carbonyl (C=O) groups is 1. The van der Waals surface area contributed by atoms with E-state index in [1.807, 2.05) is 13.8 Å². The molecule has 0 atom stereocenters. The number of aldehydes is 1. The van der Waals surface area contributed by atoms with Gasteiger partial charge in [0.1, 0.15) is 18.0 Å². The summed E-state index contributed by atoms with van der Waals surface area (Å²) in [5.74, 6) is 0.991. The monoisotopic (exact) mass is 386 g/mol. The van der Waals surface area contributed by atoms with E-state index in [0.717, 1.165) is 17.4 Å². The topological polar surface area (TPSA) is 44.8 Å². The van der Waals surface area contributed by atoms with Gasteiger partial charge in [-0.2, -0.15) is 0 Å². The lowest BCUT2D eigenvalue weighted by molar-refractivity contribution is 0.112. The Bertz CT molecular complexity index is 869. The molecule has 1 heterocycles. The number of hydrogen-bond donors (Lipinski definition) is 0. The summed E-state index contributed by atoms with van der Waals surface area (Å²) in [6.45, 7) is 8.90. The van der Waals surface area contributed by atoms with Gasteiger partial charge >= 0.3 is 0 Å². The summed E-state index contributed by atoms with van der Waals surface area (Å²) in [5, 5.41) is 0. The average Bonchev–Trinajstić information content (AvgIpc) is 2.96. The Morgan fingerprint density at radius 2 is 1.89 bits per heavy atom. The first-order valence-corrected chi connectivity index (χ1v) is 9.53. The minimum Gasteiger partial charge on any atom is -0.487 e. The fourth-order valence-corrected chi connectivity index (χ4v) is 3.86. The normalized spacial score (nSPS) is 14.7. The van der Waals surface area contributed by atoms with E-state index in [9.17, 15) is 9.18 Å². The second kappa shape index (κ2) is 7.92. The van der Waals surface area contributed by atoms with Crippen LogP contribution in [0.1, 0.15) is 55.1 Å². The van der Waals surface area contributed by atoms with Crippen molar-refractivity contribution in [2.75, 3.05) is 20.3 Å². The first kappa shape index (κ1) is 20.3. The lowest BCUT2D eigenvalue weighted by Gasteiger charge is -2.23. The number of halogens is 1. The van der Waals surface area contributed by atoms with E-state index >= 15 is 0 Å². The van der Waals surface area contributed by atoms with Gasteiger partial charge in [-0.15, -0.1) is 0 Å². The predicted molar refractivity (Wildman–Crippen MR) is 107 cm³/mol. The van der Waals surface area contributed by atoms with Gasteiger partial charge in [0.15, 0.2) is 17.8 Å². The van der Waals surface area contributed by atoms with Crippen molar-refractivity contribution in [3.63, 3.8) is 0 Å². The zero-order chi connectivity index (χ0) is 20.5. The standard InChI is InChI=1S/C23H27FO4/c1-14(2)19-17-12-23(3,4)28-21(17)22(27-11-10-26-5)20(18(19)13-25)15-6-8-16(24)9-7-15/h6-9,13-14H,10-12H2,1-5H3. The van der Waals surface area contributed by atoms with E-state index in [1.165, 1.54) is 12.1 Å². The summed E-state index contributed by atoms with van der Waals surface area (Å²) in [6.07, 6.45) is 1.57. The van der Waals surface area contributed by atoms with Crippen LogP contribution in [0.4, 0.5) is 4.39 Å². The predicted octanol–water partition coefficient (Wildman–Crippen LogP) is 5.17. The lowest BCUT2D eigenvalue weighted by Crippen LogP contribution is -2.25. The van der Waals surface area contributed by atoms with E-state index in [-0.39, 0.29) is 11.7 Å². The Hall–Kier alpha value is -2.40. The first-order chi connectivity index (χ1) is 13.3. The molecule has 1 aliphatic heterocycles. The Kier molecular flexibility index (Phi) is 5.75. The molecule has 0 saturated carbocycles. The van der Waals surface area contributed by atoms with Gasteiger partial charge in [-0.05, 0) is 43.0 Å². The molecular weight excluding hydrogens is 359 g/mol. The van der Waals surface area contributed by atoms with Crippen molar-refractivity contribution in [2.45, 2.75) is 45.6 Å². The van der Waals surface area contributed by atoms with Gasteiger partial charge in [-0.3, -0.25) is 4.79 Å². The van der Waals surface area contributed by atoms with Crippen molar-refractivity contribution >= 4 is 6.29 Å². The molecule has 150 valence electrons. The van der Waals surface area contributed by atoms with Crippen LogP contribution < -0.4 is 9.47 Å². The van der Waals surface area contributed by atoms with Crippen molar-refractivity contribution in [1.29, 1.82) is 0 Å². The number of rotatable bonds is 7. The molecule has 2 aromatic rings. The summed E-state index contributed by atoms with van der Waals surface area (Å²) in [4.78, 5) is 12.2. The maximum absolute atomic E-state index is 13.5. The molecule has 2 aromatic carbocycles. The molecule has 0 bridgehead atoms. The molecule has 28 heavy (non-hydrogen) atoms. The first-order valence-electron chi connectivity index (χ1n) is 9.53. The van der Waals surface area contributed by atoms with Gasteiger partial charge in [0, 0.05) is 30.2 Å². The summed E-state index contributed by atoms with van der Waals surface area (Å²) in [7, 11) is 1.60. The van der Waals surface area contributed by atoms with Crippen LogP contribution in [0.25, 0.3) is 11.1 Å². The summed E-state index contributed by atoms with van der Waals surface area (Å²) in [5.41, 5.74) is 3.52. The van der Waals surface area contributed by atoms with Crippen molar-refractivity contribution in [2.24, 2.45) is 0 Å². The number of ether oxygens (including phenoxy) is 3. The van der Waals surface area contributed by atoms with Crippen molar-refractivity contribution in [3.8, 4) is 22.6 Å². The van der Waals surface area contributed by atoms with Gasteiger partial charge in [-0.1, -0.05) is 26.0 Å². The lowest BCUT2D eigenvalue weighted by atomic mass is 9.84. The van der Waals surface area contributed by atoms with Crippen molar-refractivity contribution in [1.82, 2.24) is 0 Å². The molecular formula is C23H27FO4. The Morgan fingerprint density at radius 3 is 2.46 bits per heavy atom. The summed E-state index contributed by atoms with van der Waals surface area (Å²) < 4.78 is 31.0. The zero-order valence-electron chi connectivity index (χ0n) is 17.1. The molecule has 0 spiro atoms. The maximum atomic E-state index is 13.5. The largest absolute Gasteiger partial charge is 0.487 e. The number of fused-ring (bicyclic) bond motifs is 1. The third-order valence-electron chi connectivity index (χ3n) is 4.93. The Balaban J connectivity index is 2.33. The second-order valence-electron chi connectivity index (χ2n) is 8.00. The molecule has 0 N–H and O–H groups in total. The van der Waals surface area contributed by atoms with E-state index in [4.69, 9.17) is 14.2 Å². The fourth-order valence-electron chi connectivity index (χ4n) is 3.86. The van der Waals surface area contributed by atoms with Gasteiger partial charge in [-0.25, -0.2) is 4.39 Å². The van der Waals surface area contributed by atoms with E-state index < -0.39 is 5.60 Å². The number of carbonyl (C=O) groups excluding carboxylic acids is 1. The Morgan fingerprint density at radius 1 is 1.21 bits per heavy atom. The van der Waals surface area contributed by atoms with Crippen LogP contribution in [0.3, 0.4) is 0 Å². The highest BCUT2D eigenvalue weighted by atomic mass is 19.1. The third kappa shape index (κ3) is 3.76. The molecule has 3 rings (SSSR count). The average molecular weight is 386 g/mol. The van der Waals surface area contributed by atoms with Crippen LogP contribution >= 0.6 is 0 Å². The smallest absolute Gasteiger partial charge is 0.170 e. The van der Waals surface area contributed by atoms with Crippen LogP contribution in [0.2, 0.25) is 0 Å². The van der Waals surface area contributed by atoms with E-state index in [0.29, 0.717) is 47.8 Å². The van der Waals surface area contributed by atoms with Gasteiger partial charge in [0.25, 0.3) is 0 Å². The molecule has 5 heteroatoms. The minimum atomic E-state index is -0.396. The number of methoxy groups -OCH3 is 1. The van der Waals surface area contributed by atoms with Crippen LogP contribution in [0, 0.1) is 5.82 Å². The molecule has 0 amide bonds. The molecule has 0 aromatic heterocycles. The third-order valence-corrected chi connectivity index (χ3v) is 4.93. The Labute approximate surface area is 165 Å². The summed E-state index contributed by atoms with van der Waals surface area (Å²) >= 11 is 0. The molecule has 1 aliphatic rings. The molecule has 0 fully saturated rings. The van der Waals surface area contributed by atoms with E-state index in [2.05, 4.69) is 13.8 Å². The molecule has 0 unspecified atom stereocenters. The quantitative estimate of drug-likeness (QED) is 0.487. The van der Waals surface area contributed by atoms with Crippen molar-refractivity contribution < 1.29 is 23.4 Å². The molecule has 4 nitrogen and oxygen atoms in total. The van der Waals surface area contributed by atoms with Gasteiger partial charge < -0.3 is 14.2 Å². The maximum Gasteiger partial charge on any atom is 0.170 e. The zero-order valence-corrected chi connectivity index (χ0v) is 17.1. The fraction of sp³-hybridized carbons (Fsp3) is 0.435. The molecule has 0 saturated heterocycles. The molecule has 0 radical (unpaired) electrons. The number of hydrogen-bond acceptors (Lipinski definition) is 4. The van der Waals surface area contributed by atoms with Crippen LogP contribution in [-0.2, 0) is 11.2 Å². The van der Waals surface area contributed by atoms with Gasteiger partial charge in [0.2, 0.25) is 0 Å². The van der Waals surface area contributed by atoms with Crippen molar-refractivity contribution in [3.05, 3.63) is 46.8 Å². The van der Waals surface area contributed by atoms with Crippen LogP contribution in [-0.4, -0.2) is 32.2 Å². The highest BCUT2D eigenvalue weighted by Gasteiger charge is 2.38.